The normalized spacial score (nSPS) is 15.0. The molecule has 1 aliphatic carbocycles. The molecular formula is C30H35FN2O2. The Labute approximate surface area is 207 Å². The fourth-order valence-electron chi connectivity index (χ4n) is 5.15. The Bertz CT molecular complexity index is 1130. The molecule has 0 saturated heterocycles. The van der Waals surface area contributed by atoms with Crippen molar-refractivity contribution in [3.63, 3.8) is 0 Å². The van der Waals surface area contributed by atoms with E-state index in [1.54, 1.807) is 17.0 Å². The molecule has 1 N–H and O–H groups in total. The van der Waals surface area contributed by atoms with E-state index in [0.29, 0.717) is 19.3 Å². The van der Waals surface area contributed by atoms with Crippen LogP contribution in [0.2, 0.25) is 0 Å². The average Bonchev–Trinajstić information content (AvgIpc) is 2.89. The molecule has 5 heteroatoms. The Morgan fingerprint density at radius 2 is 1.69 bits per heavy atom. The molecule has 4 rings (SSSR count). The first kappa shape index (κ1) is 24.9. The number of fused-ring (bicyclic) bond motifs is 1. The van der Waals surface area contributed by atoms with Gasteiger partial charge in [0.15, 0.2) is 0 Å². The quantitative estimate of drug-likeness (QED) is 0.403. The molecule has 3 aromatic rings. The zero-order valence-electron chi connectivity index (χ0n) is 20.5. The van der Waals surface area contributed by atoms with E-state index >= 15 is 0 Å². The highest BCUT2D eigenvalue weighted by molar-refractivity contribution is 5.89. The van der Waals surface area contributed by atoms with Crippen LogP contribution in [0.25, 0.3) is 10.8 Å². The number of hydrogen-bond donors (Lipinski definition) is 1. The first-order valence-electron chi connectivity index (χ1n) is 12.9. The van der Waals surface area contributed by atoms with Gasteiger partial charge in [-0.25, -0.2) is 4.39 Å². The van der Waals surface area contributed by atoms with Crippen molar-refractivity contribution in [3.8, 4) is 0 Å². The van der Waals surface area contributed by atoms with Crippen LogP contribution in [0.5, 0.6) is 0 Å². The maximum Gasteiger partial charge on any atom is 0.243 e. The van der Waals surface area contributed by atoms with Gasteiger partial charge in [-0.05, 0) is 59.7 Å². The number of hydrogen-bond acceptors (Lipinski definition) is 2. The minimum atomic E-state index is -0.554. The first-order valence-corrected chi connectivity index (χ1v) is 12.9. The van der Waals surface area contributed by atoms with E-state index in [9.17, 15) is 14.0 Å². The summed E-state index contributed by atoms with van der Waals surface area (Å²) in [7, 11) is 0. The number of benzene rings is 3. The van der Waals surface area contributed by atoms with Crippen molar-refractivity contribution in [1.82, 2.24) is 10.2 Å². The predicted molar refractivity (Wildman–Crippen MR) is 138 cm³/mol. The Morgan fingerprint density at radius 3 is 2.43 bits per heavy atom. The number of halogens is 1. The van der Waals surface area contributed by atoms with Gasteiger partial charge in [-0.15, -0.1) is 0 Å². The third kappa shape index (κ3) is 6.47. The van der Waals surface area contributed by atoms with Crippen molar-refractivity contribution < 1.29 is 14.0 Å². The van der Waals surface area contributed by atoms with Crippen LogP contribution in [0.15, 0.2) is 66.7 Å². The number of nitrogens with one attached hydrogen (secondary N) is 1. The molecule has 35 heavy (non-hydrogen) atoms. The maximum atomic E-state index is 13.6. The molecular weight excluding hydrogens is 439 g/mol. The SMILES string of the molecule is CCC(C(=O)NC1CCCCC1)N(Cc1ccc(F)cc1)C(=O)CCc1cccc2ccccc12. The third-order valence-corrected chi connectivity index (χ3v) is 7.09. The van der Waals surface area contributed by atoms with E-state index in [1.165, 1.54) is 18.6 Å². The lowest BCUT2D eigenvalue weighted by molar-refractivity contribution is -0.141. The van der Waals surface area contributed by atoms with Crippen molar-refractivity contribution in [1.29, 1.82) is 0 Å². The fraction of sp³-hybridized carbons (Fsp3) is 0.400. The smallest absolute Gasteiger partial charge is 0.243 e. The summed E-state index contributed by atoms with van der Waals surface area (Å²) in [5, 5.41) is 5.51. The van der Waals surface area contributed by atoms with Crippen LogP contribution in [0, 0.1) is 5.82 Å². The second-order valence-corrected chi connectivity index (χ2v) is 9.55. The van der Waals surface area contributed by atoms with Crippen molar-refractivity contribution in [2.45, 2.75) is 76.9 Å². The molecule has 184 valence electrons. The molecule has 1 atom stereocenters. The third-order valence-electron chi connectivity index (χ3n) is 7.09. The number of carbonyl (C=O) groups is 2. The highest BCUT2D eigenvalue weighted by Crippen LogP contribution is 2.22. The van der Waals surface area contributed by atoms with Gasteiger partial charge in [0.25, 0.3) is 0 Å². The number of rotatable bonds is 9. The molecule has 0 bridgehead atoms. The second-order valence-electron chi connectivity index (χ2n) is 9.55. The van der Waals surface area contributed by atoms with Crippen molar-refractivity contribution >= 4 is 22.6 Å². The minimum absolute atomic E-state index is 0.0621. The predicted octanol–water partition coefficient (Wildman–Crippen LogP) is 6.17. The molecule has 2 amide bonds. The van der Waals surface area contributed by atoms with Gasteiger partial charge >= 0.3 is 0 Å². The molecule has 0 aliphatic heterocycles. The van der Waals surface area contributed by atoms with E-state index < -0.39 is 6.04 Å². The van der Waals surface area contributed by atoms with Gasteiger partial charge in [-0.2, -0.15) is 0 Å². The number of aryl methyl sites for hydroxylation is 1. The van der Waals surface area contributed by atoms with Crippen LogP contribution in [0.3, 0.4) is 0 Å². The van der Waals surface area contributed by atoms with Gasteiger partial charge < -0.3 is 10.2 Å². The topological polar surface area (TPSA) is 49.4 Å². The highest BCUT2D eigenvalue weighted by Gasteiger charge is 2.30. The van der Waals surface area contributed by atoms with Gasteiger partial charge in [0.1, 0.15) is 11.9 Å². The van der Waals surface area contributed by atoms with Gasteiger partial charge in [-0.1, -0.05) is 80.8 Å². The van der Waals surface area contributed by atoms with E-state index in [4.69, 9.17) is 0 Å². The van der Waals surface area contributed by atoms with Crippen LogP contribution in [0.1, 0.15) is 63.0 Å². The zero-order valence-corrected chi connectivity index (χ0v) is 20.5. The first-order chi connectivity index (χ1) is 17.0. The summed E-state index contributed by atoms with van der Waals surface area (Å²) in [6, 6.07) is 20.1. The largest absolute Gasteiger partial charge is 0.352 e. The molecule has 1 unspecified atom stereocenters. The van der Waals surface area contributed by atoms with Gasteiger partial charge in [0.05, 0.1) is 0 Å². The Morgan fingerprint density at radius 1 is 0.971 bits per heavy atom. The minimum Gasteiger partial charge on any atom is -0.352 e. The molecule has 3 aromatic carbocycles. The molecule has 0 spiro atoms. The van der Waals surface area contributed by atoms with Crippen LogP contribution < -0.4 is 5.32 Å². The molecule has 0 aromatic heterocycles. The summed E-state index contributed by atoms with van der Waals surface area (Å²) in [5.74, 6) is -0.461. The van der Waals surface area contributed by atoms with Crippen LogP contribution in [-0.2, 0) is 22.6 Å². The molecule has 1 fully saturated rings. The Kier molecular flexibility index (Phi) is 8.51. The second kappa shape index (κ2) is 12.0. The summed E-state index contributed by atoms with van der Waals surface area (Å²) >= 11 is 0. The maximum absolute atomic E-state index is 13.6. The van der Waals surface area contributed by atoms with Crippen LogP contribution in [-0.4, -0.2) is 28.8 Å². The van der Waals surface area contributed by atoms with E-state index in [0.717, 1.165) is 47.6 Å². The van der Waals surface area contributed by atoms with Gasteiger partial charge in [-0.3, -0.25) is 9.59 Å². The molecule has 0 radical (unpaired) electrons. The zero-order chi connectivity index (χ0) is 24.6. The van der Waals surface area contributed by atoms with Crippen molar-refractivity contribution in [2.24, 2.45) is 0 Å². The van der Waals surface area contributed by atoms with E-state index in [-0.39, 0.29) is 30.2 Å². The van der Waals surface area contributed by atoms with E-state index in [2.05, 4.69) is 29.6 Å². The standard InChI is InChI=1S/C30H35FN2O2/c1-2-28(30(35)32-26-12-4-3-5-13-26)33(21-22-15-18-25(31)19-16-22)29(34)20-17-24-11-8-10-23-9-6-7-14-27(23)24/h6-11,14-16,18-19,26,28H,2-5,12-13,17,20-21H2,1H3,(H,32,35). The lowest BCUT2D eigenvalue weighted by Crippen LogP contribution is -2.51. The number of carbonyl (C=O) groups excluding carboxylic acids is 2. The average molecular weight is 475 g/mol. The Hall–Kier alpha value is -3.21. The van der Waals surface area contributed by atoms with Crippen molar-refractivity contribution in [2.75, 3.05) is 0 Å². The molecule has 4 nitrogen and oxygen atoms in total. The summed E-state index contributed by atoms with van der Waals surface area (Å²) in [5.41, 5.74) is 1.94. The van der Waals surface area contributed by atoms with Gasteiger partial charge in [0.2, 0.25) is 11.8 Å². The Balaban J connectivity index is 1.52. The fourth-order valence-corrected chi connectivity index (χ4v) is 5.15. The van der Waals surface area contributed by atoms with Crippen LogP contribution in [0.4, 0.5) is 4.39 Å². The summed E-state index contributed by atoms with van der Waals surface area (Å²) in [4.78, 5) is 28.6. The van der Waals surface area contributed by atoms with Gasteiger partial charge in [0, 0.05) is 19.0 Å². The molecule has 0 heterocycles. The summed E-state index contributed by atoms with van der Waals surface area (Å²) in [6.07, 6.45) is 6.90. The molecule has 1 aliphatic rings. The highest BCUT2D eigenvalue weighted by atomic mass is 19.1. The summed E-state index contributed by atoms with van der Waals surface area (Å²) < 4.78 is 13.5. The number of nitrogens with zero attached hydrogens (tertiary/aromatic N) is 1. The van der Waals surface area contributed by atoms with Crippen LogP contribution >= 0.6 is 0 Å². The summed E-state index contributed by atoms with van der Waals surface area (Å²) in [6.45, 7) is 2.23. The lowest BCUT2D eigenvalue weighted by atomic mass is 9.95. The molecule has 1 saturated carbocycles. The lowest BCUT2D eigenvalue weighted by Gasteiger charge is -2.33. The van der Waals surface area contributed by atoms with E-state index in [1.807, 2.05) is 25.1 Å². The monoisotopic (exact) mass is 474 g/mol. The number of amides is 2. The van der Waals surface area contributed by atoms with Crippen molar-refractivity contribution in [3.05, 3.63) is 83.7 Å².